The number of nitrogens with one attached hydrogen (secondary N) is 2. The number of carbonyl (C=O) groups excluding carboxylic acids is 2. The highest BCUT2D eigenvalue weighted by atomic mass is 16.6. The lowest BCUT2D eigenvalue weighted by atomic mass is 10.1. The Morgan fingerprint density at radius 2 is 2.08 bits per heavy atom. The molecule has 0 aromatic carbocycles. The number of ether oxygens (including phenoxy) is 1. The maximum Gasteiger partial charge on any atom is 0.409 e. The lowest BCUT2D eigenvalue weighted by Gasteiger charge is -2.32. The topological polar surface area (TPSA) is 83.6 Å². The van der Waals surface area contributed by atoms with Gasteiger partial charge in [-0.2, -0.15) is 0 Å². The van der Waals surface area contributed by atoms with E-state index in [4.69, 9.17) is 4.74 Å². The third-order valence-corrected chi connectivity index (χ3v) is 4.06. The van der Waals surface area contributed by atoms with Crippen LogP contribution in [0.2, 0.25) is 0 Å². The van der Waals surface area contributed by atoms with E-state index in [-0.39, 0.29) is 18.0 Å². The van der Waals surface area contributed by atoms with Crippen molar-refractivity contribution in [1.29, 1.82) is 0 Å². The van der Waals surface area contributed by atoms with Crippen LogP contribution in [-0.2, 0) is 4.74 Å². The molecule has 2 amide bonds. The second-order valence-electron chi connectivity index (χ2n) is 6.64. The Morgan fingerprint density at radius 3 is 2.72 bits per heavy atom. The van der Waals surface area contributed by atoms with Crippen molar-refractivity contribution < 1.29 is 14.3 Å². The van der Waals surface area contributed by atoms with Crippen molar-refractivity contribution in [2.45, 2.75) is 39.7 Å². The average Bonchev–Trinajstić information content (AvgIpc) is 2.60. The van der Waals surface area contributed by atoms with Gasteiger partial charge in [-0.25, -0.2) is 4.79 Å². The zero-order valence-electron chi connectivity index (χ0n) is 15.2. The molecule has 0 atom stereocenters. The molecule has 1 aromatic rings. The van der Waals surface area contributed by atoms with Crippen LogP contribution in [0.15, 0.2) is 18.3 Å². The van der Waals surface area contributed by atoms with Gasteiger partial charge in [0.05, 0.1) is 6.61 Å². The Morgan fingerprint density at radius 1 is 1.36 bits per heavy atom. The minimum absolute atomic E-state index is 0.158. The van der Waals surface area contributed by atoms with Crippen LogP contribution < -0.4 is 10.6 Å². The number of likely N-dealkylation sites (tertiary alicyclic amines) is 1. The van der Waals surface area contributed by atoms with E-state index in [0.717, 1.165) is 18.5 Å². The van der Waals surface area contributed by atoms with Gasteiger partial charge in [0.15, 0.2) is 0 Å². The third kappa shape index (κ3) is 5.92. The Labute approximate surface area is 149 Å². The lowest BCUT2D eigenvalue weighted by Crippen LogP contribution is -2.42. The quantitative estimate of drug-likeness (QED) is 0.825. The van der Waals surface area contributed by atoms with Crippen LogP contribution >= 0.6 is 0 Å². The second-order valence-corrected chi connectivity index (χ2v) is 6.64. The van der Waals surface area contributed by atoms with E-state index in [0.29, 0.717) is 37.9 Å². The Hall–Kier alpha value is -2.31. The van der Waals surface area contributed by atoms with Crippen molar-refractivity contribution >= 4 is 17.7 Å². The summed E-state index contributed by atoms with van der Waals surface area (Å²) in [5.41, 5.74) is 1.29. The standard InChI is InChI=1S/C18H28N4O3/c1-4-25-18(24)22-9-6-14(7-10-22)21-15-5-8-19-16(11-15)17(23)20-12-13(2)3/h5,8,11,13-14H,4,6-7,9-10,12H2,1-3H3,(H,19,21)(H,20,23). The van der Waals surface area contributed by atoms with Crippen molar-refractivity contribution in [3.8, 4) is 0 Å². The van der Waals surface area contributed by atoms with Gasteiger partial charge in [-0.15, -0.1) is 0 Å². The Balaban J connectivity index is 1.86. The molecule has 0 bridgehead atoms. The molecule has 1 aliphatic rings. The van der Waals surface area contributed by atoms with E-state index in [1.165, 1.54) is 0 Å². The van der Waals surface area contributed by atoms with E-state index >= 15 is 0 Å². The first-order valence-electron chi connectivity index (χ1n) is 8.92. The summed E-state index contributed by atoms with van der Waals surface area (Å²) in [7, 11) is 0. The summed E-state index contributed by atoms with van der Waals surface area (Å²) in [6.45, 7) is 8.28. The van der Waals surface area contributed by atoms with Gasteiger partial charge < -0.3 is 20.3 Å². The SMILES string of the molecule is CCOC(=O)N1CCC(Nc2ccnc(C(=O)NCC(C)C)c2)CC1. The van der Waals surface area contributed by atoms with Crippen LogP contribution in [0, 0.1) is 5.92 Å². The first-order valence-corrected chi connectivity index (χ1v) is 8.92. The smallest absolute Gasteiger partial charge is 0.409 e. The molecule has 2 rings (SSSR count). The fourth-order valence-corrected chi connectivity index (χ4v) is 2.69. The fraction of sp³-hybridized carbons (Fsp3) is 0.611. The van der Waals surface area contributed by atoms with Gasteiger partial charge in [0.1, 0.15) is 5.69 Å². The molecule has 0 radical (unpaired) electrons. The highest BCUT2D eigenvalue weighted by Crippen LogP contribution is 2.17. The monoisotopic (exact) mass is 348 g/mol. The molecule has 1 aliphatic heterocycles. The molecule has 1 saturated heterocycles. The van der Waals surface area contributed by atoms with Crippen molar-refractivity contribution in [2.24, 2.45) is 5.92 Å². The minimum atomic E-state index is -0.242. The maximum atomic E-state index is 12.1. The third-order valence-electron chi connectivity index (χ3n) is 4.06. The minimum Gasteiger partial charge on any atom is -0.450 e. The van der Waals surface area contributed by atoms with Crippen LogP contribution in [0.5, 0.6) is 0 Å². The largest absolute Gasteiger partial charge is 0.450 e. The van der Waals surface area contributed by atoms with Gasteiger partial charge in [-0.05, 0) is 37.8 Å². The van der Waals surface area contributed by atoms with Gasteiger partial charge in [-0.3, -0.25) is 9.78 Å². The van der Waals surface area contributed by atoms with Crippen molar-refractivity contribution in [2.75, 3.05) is 31.6 Å². The summed E-state index contributed by atoms with van der Waals surface area (Å²) < 4.78 is 5.03. The predicted octanol–water partition coefficient (Wildman–Crippen LogP) is 2.50. The van der Waals surface area contributed by atoms with E-state index in [9.17, 15) is 9.59 Å². The lowest BCUT2D eigenvalue weighted by molar-refractivity contribution is 0.0942. The zero-order valence-corrected chi connectivity index (χ0v) is 15.2. The number of hydrogen-bond donors (Lipinski definition) is 2. The molecule has 0 spiro atoms. The van der Waals surface area contributed by atoms with Gasteiger partial charge in [0, 0.05) is 37.6 Å². The molecule has 0 unspecified atom stereocenters. The number of piperidine rings is 1. The number of nitrogens with zero attached hydrogens (tertiary/aromatic N) is 2. The first-order chi connectivity index (χ1) is 12.0. The summed E-state index contributed by atoms with van der Waals surface area (Å²) in [5, 5.41) is 6.31. The highest BCUT2D eigenvalue weighted by molar-refractivity contribution is 5.93. The van der Waals surface area contributed by atoms with Crippen LogP contribution in [0.1, 0.15) is 44.1 Å². The number of amides is 2. The number of anilines is 1. The van der Waals surface area contributed by atoms with Crippen LogP contribution in [0.25, 0.3) is 0 Å². The van der Waals surface area contributed by atoms with Crippen LogP contribution in [-0.4, -0.2) is 54.2 Å². The Bertz CT molecular complexity index is 583. The molecule has 138 valence electrons. The molecule has 1 aromatic heterocycles. The predicted molar refractivity (Wildman–Crippen MR) is 96.6 cm³/mol. The van der Waals surface area contributed by atoms with Gasteiger partial charge in [0.2, 0.25) is 0 Å². The number of hydrogen-bond acceptors (Lipinski definition) is 5. The second kappa shape index (κ2) is 9.25. The summed E-state index contributed by atoms with van der Waals surface area (Å²) >= 11 is 0. The number of carbonyl (C=O) groups is 2. The molecule has 0 aliphatic carbocycles. The molecule has 25 heavy (non-hydrogen) atoms. The van der Waals surface area contributed by atoms with Crippen molar-refractivity contribution in [1.82, 2.24) is 15.2 Å². The molecule has 2 heterocycles. The summed E-state index contributed by atoms with van der Waals surface area (Å²) in [6.07, 6.45) is 3.08. The van der Waals surface area contributed by atoms with Gasteiger partial charge in [0.25, 0.3) is 5.91 Å². The molecule has 1 fully saturated rings. The molecule has 7 nitrogen and oxygen atoms in total. The van der Waals surface area contributed by atoms with Crippen molar-refractivity contribution in [3.63, 3.8) is 0 Å². The van der Waals surface area contributed by atoms with E-state index in [2.05, 4.69) is 15.6 Å². The molecule has 0 saturated carbocycles. The fourth-order valence-electron chi connectivity index (χ4n) is 2.69. The van der Waals surface area contributed by atoms with Gasteiger partial charge in [-0.1, -0.05) is 13.8 Å². The van der Waals surface area contributed by atoms with E-state index < -0.39 is 0 Å². The van der Waals surface area contributed by atoms with Crippen molar-refractivity contribution in [3.05, 3.63) is 24.0 Å². The van der Waals surface area contributed by atoms with Gasteiger partial charge >= 0.3 is 6.09 Å². The summed E-state index contributed by atoms with van der Waals surface area (Å²) in [6, 6.07) is 3.89. The number of pyridine rings is 1. The maximum absolute atomic E-state index is 12.1. The molecule has 2 N–H and O–H groups in total. The normalized spacial score (nSPS) is 15.1. The van der Waals surface area contributed by atoms with Crippen LogP contribution in [0.3, 0.4) is 0 Å². The van der Waals surface area contributed by atoms with E-state index in [1.54, 1.807) is 17.2 Å². The molecule has 7 heteroatoms. The Kier molecular flexibility index (Phi) is 7.03. The summed E-state index contributed by atoms with van der Waals surface area (Å²) in [4.78, 5) is 29.7. The number of aromatic nitrogens is 1. The average molecular weight is 348 g/mol. The number of rotatable bonds is 6. The van der Waals surface area contributed by atoms with Crippen LogP contribution in [0.4, 0.5) is 10.5 Å². The zero-order chi connectivity index (χ0) is 18.2. The van der Waals surface area contributed by atoms with E-state index in [1.807, 2.05) is 26.8 Å². The first kappa shape index (κ1) is 19.0. The molecular formula is C18H28N4O3. The highest BCUT2D eigenvalue weighted by Gasteiger charge is 2.23. The molecular weight excluding hydrogens is 320 g/mol. The summed E-state index contributed by atoms with van der Waals surface area (Å²) in [5.74, 6) is 0.240.